The van der Waals surface area contributed by atoms with E-state index in [2.05, 4.69) is 27.4 Å². The van der Waals surface area contributed by atoms with Crippen molar-refractivity contribution >= 4 is 15.9 Å². The van der Waals surface area contributed by atoms with Gasteiger partial charge in [-0.15, -0.1) is 0 Å². The van der Waals surface area contributed by atoms with E-state index in [-0.39, 0.29) is 11.9 Å². The van der Waals surface area contributed by atoms with Crippen LogP contribution >= 0.6 is 15.9 Å². The maximum absolute atomic E-state index is 13.7. The van der Waals surface area contributed by atoms with Crippen LogP contribution in [0, 0.1) is 19.7 Å². The summed E-state index contributed by atoms with van der Waals surface area (Å²) in [6.45, 7) is 4.05. The molecule has 0 amide bonds. The Kier molecular flexibility index (Phi) is 4.34. The Balaban J connectivity index is 2.56. The molecule has 0 bridgehead atoms. The molecule has 0 heterocycles. The van der Waals surface area contributed by atoms with Crippen molar-refractivity contribution in [3.8, 4) is 0 Å². The highest BCUT2D eigenvalue weighted by atomic mass is 79.9. The van der Waals surface area contributed by atoms with Crippen LogP contribution in [0.4, 0.5) is 4.39 Å². The minimum atomic E-state index is -0.289. The molecule has 2 aromatic carbocycles. The topological polar surface area (TPSA) is 38.0 Å². The van der Waals surface area contributed by atoms with E-state index in [9.17, 15) is 4.39 Å². The summed E-state index contributed by atoms with van der Waals surface area (Å²) in [5, 5.41) is 0. The van der Waals surface area contributed by atoms with Crippen LogP contribution < -0.4 is 11.3 Å². The lowest BCUT2D eigenvalue weighted by Crippen LogP contribution is -2.29. The summed E-state index contributed by atoms with van der Waals surface area (Å²) in [5.41, 5.74) is 6.87. The molecule has 1 unspecified atom stereocenters. The molecule has 2 nitrogen and oxygen atoms in total. The van der Waals surface area contributed by atoms with E-state index < -0.39 is 0 Å². The van der Waals surface area contributed by atoms with Gasteiger partial charge in [-0.1, -0.05) is 35.9 Å². The number of nitrogens with two attached hydrogens (primary N) is 1. The molecule has 2 rings (SSSR count). The highest BCUT2D eigenvalue weighted by molar-refractivity contribution is 9.10. The van der Waals surface area contributed by atoms with Crippen LogP contribution in [0.3, 0.4) is 0 Å². The van der Waals surface area contributed by atoms with Crippen molar-refractivity contribution in [1.82, 2.24) is 5.43 Å². The van der Waals surface area contributed by atoms with E-state index in [0.717, 1.165) is 22.3 Å². The molecule has 0 fully saturated rings. The number of nitrogens with one attached hydrogen (secondary N) is 1. The summed E-state index contributed by atoms with van der Waals surface area (Å²) in [6.07, 6.45) is 0. The zero-order valence-corrected chi connectivity index (χ0v) is 12.5. The van der Waals surface area contributed by atoms with E-state index in [0.29, 0.717) is 4.47 Å². The van der Waals surface area contributed by atoms with Gasteiger partial charge in [-0.3, -0.25) is 5.84 Å². The van der Waals surface area contributed by atoms with Crippen molar-refractivity contribution in [2.45, 2.75) is 19.9 Å². The smallest absolute Gasteiger partial charge is 0.137 e. The van der Waals surface area contributed by atoms with Crippen molar-refractivity contribution < 1.29 is 4.39 Å². The second kappa shape index (κ2) is 5.82. The predicted octanol–water partition coefficient (Wildman–Crippen LogP) is 3.76. The number of halogens is 2. The predicted molar refractivity (Wildman–Crippen MR) is 79.2 cm³/mol. The van der Waals surface area contributed by atoms with Gasteiger partial charge in [0.1, 0.15) is 5.82 Å². The Morgan fingerprint density at radius 2 is 1.89 bits per heavy atom. The Hall–Kier alpha value is -1.23. The van der Waals surface area contributed by atoms with Crippen LogP contribution in [0.25, 0.3) is 0 Å². The van der Waals surface area contributed by atoms with Crippen LogP contribution in [-0.2, 0) is 0 Å². The van der Waals surface area contributed by atoms with Gasteiger partial charge in [0.25, 0.3) is 0 Å². The molecule has 0 aliphatic rings. The van der Waals surface area contributed by atoms with Crippen molar-refractivity contribution in [3.05, 3.63) is 68.9 Å². The van der Waals surface area contributed by atoms with Crippen LogP contribution in [0.2, 0.25) is 0 Å². The van der Waals surface area contributed by atoms with E-state index in [4.69, 9.17) is 5.84 Å². The Morgan fingerprint density at radius 1 is 1.16 bits per heavy atom. The molecule has 0 saturated carbocycles. The van der Waals surface area contributed by atoms with Gasteiger partial charge in [0.2, 0.25) is 0 Å². The highest BCUT2D eigenvalue weighted by Crippen LogP contribution is 2.31. The molecule has 0 spiro atoms. The summed E-state index contributed by atoms with van der Waals surface area (Å²) in [5.74, 6) is 5.39. The largest absolute Gasteiger partial charge is 0.271 e. The SMILES string of the molecule is Cc1ccc(C)c(C(NN)c2cccc(F)c2Br)c1. The summed E-state index contributed by atoms with van der Waals surface area (Å²) in [4.78, 5) is 0. The summed E-state index contributed by atoms with van der Waals surface area (Å²) < 4.78 is 14.1. The Morgan fingerprint density at radius 3 is 2.58 bits per heavy atom. The quantitative estimate of drug-likeness (QED) is 0.667. The van der Waals surface area contributed by atoms with E-state index in [1.54, 1.807) is 6.07 Å². The van der Waals surface area contributed by atoms with E-state index in [1.165, 1.54) is 6.07 Å². The Bertz CT molecular complexity index is 597. The molecule has 0 radical (unpaired) electrons. The summed E-state index contributed by atoms with van der Waals surface area (Å²) >= 11 is 3.29. The number of hydrogen-bond acceptors (Lipinski definition) is 2. The highest BCUT2D eigenvalue weighted by Gasteiger charge is 2.19. The molecule has 4 heteroatoms. The van der Waals surface area contributed by atoms with Crippen molar-refractivity contribution in [3.63, 3.8) is 0 Å². The number of benzene rings is 2. The lowest BCUT2D eigenvalue weighted by molar-refractivity contribution is 0.596. The third kappa shape index (κ3) is 2.86. The lowest BCUT2D eigenvalue weighted by Gasteiger charge is -2.21. The van der Waals surface area contributed by atoms with Gasteiger partial charge in [0, 0.05) is 0 Å². The molecule has 0 aliphatic carbocycles. The molecule has 100 valence electrons. The monoisotopic (exact) mass is 322 g/mol. The minimum absolute atomic E-state index is 0.245. The van der Waals surface area contributed by atoms with E-state index >= 15 is 0 Å². The van der Waals surface area contributed by atoms with Crippen LogP contribution in [0.5, 0.6) is 0 Å². The van der Waals surface area contributed by atoms with Gasteiger partial charge in [0.15, 0.2) is 0 Å². The molecule has 2 aromatic rings. The summed E-state index contributed by atoms with van der Waals surface area (Å²) in [7, 11) is 0. The first-order valence-electron chi connectivity index (χ1n) is 6.01. The molecule has 19 heavy (non-hydrogen) atoms. The standard InChI is InChI=1S/C15H16BrFN2/c1-9-6-7-10(2)12(8-9)15(19-18)11-4-3-5-13(17)14(11)16/h3-8,15,19H,18H2,1-2H3. The molecule has 0 saturated heterocycles. The van der Waals surface area contributed by atoms with Crippen molar-refractivity contribution in [1.29, 1.82) is 0 Å². The van der Waals surface area contributed by atoms with Crippen molar-refractivity contribution in [2.75, 3.05) is 0 Å². The van der Waals surface area contributed by atoms with Gasteiger partial charge in [-0.05, 0) is 52.5 Å². The third-order valence-corrected chi connectivity index (χ3v) is 4.04. The fourth-order valence-electron chi connectivity index (χ4n) is 2.16. The molecule has 0 aromatic heterocycles. The summed E-state index contributed by atoms with van der Waals surface area (Å²) in [6, 6.07) is 10.9. The first kappa shape index (κ1) is 14.2. The minimum Gasteiger partial charge on any atom is -0.271 e. The van der Waals surface area contributed by atoms with Gasteiger partial charge in [-0.25, -0.2) is 9.82 Å². The van der Waals surface area contributed by atoms with E-state index in [1.807, 2.05) is 32.0 Å². The number of aryl methyl sites for hydroxylation is 2. The average Bonchev–Trinajstić information content (AvgIpc) is 2.39. The molecule has 1 atom stereocenters. The van der Waals surface area contributed by atoms with Crippen LogP contribution in [0.1, 0.15) is 28.3 Å². The van der Waals surface area contributed by atoms with Gasteiger partial charge >= 0.3 is 0 Å². The van der Waals surface area contributed by atoms with Gasteiger partial charge < -0.3 is 0 Å². The van der Waals surface area contributed by atoms with Crippen LogP contribution in [-0.4, -0.2) is 0 Å². The molecule has 0 aliphatic heterocycles. The number of hydrogen-bond donors (Lipinski definition) is 2. The number of hydrazine groups is 1. The second-order valence-electron chi connectivity index (χ2n) is 4.60. The first-order chi connectivity index (χ1) is 9.04. The van der Waals surface area contributed by atoms with Gasteiger partial charge in [0.05, 0.1) is 10.5 Å². The zero-order valence-electron chi connectivity index (χ0n) is 10.9. The average molecular weight is 323 g/mol. The Labute approximate surface area is 120 Å². The van der Waals surface area contributed by atoms with Crippen LogP contribution in [0.15, 0.2) is 40.9 Å². The molecule has 3 N–H and O–H groups in total. The lowest BCUT2D eigenvalue weighted by atomic mass is 9.94. The molecular weight excluding hydrogens is 307 g/mol. The maximum Gasteiger partial charge on any atom is 0.137 e. The third-order valence-electron chi connectivity index (χ3n) is 3.20. The van der Waals surface area contributed by atoms with Crippen molar-refractivity contribution in [2.24, 2.45) is 5.84 Å². The maximum atomic E-state index is 13.7. The normalized spacial score (nSPS) is 12.5. The fraction of sp³-hybridized carbons (Fsp3) is 0.200. The first-order valence-corrected chi connectivity index (χ1v) is 6.81. The number of rotatable bonds is 3. The zero-order chi connectivity index (χ0) is 14.0. The molecular formula is C15H16BrFN2. The van der Waals surface area contributed by atoms with Gasteiger partial charge in [-0.2, -0.15) is 0 Å². The fourth-order valence-corrected chi connectivity index (χ4v) is 2.65. The second-order valence-corrected chi connectivity index (χ2v) is 5.40.